The van der Waals surface area contributed by atoms with Gasteiger partial charge in [-0.2, -0.15) is 0 Å². The molecule has 0 saturated carbocycles. The van der Waals surface area contributed by atoms with Crippen LogP contribution in [0, 0.1) is 6.92 Å². The van der Waals surface area contributed by atoms with Crippen molar-refractivity contribution < 1.29 is 14.6 Å². The molecule has 4 heteroatoms. The van der Waals surface area contributed by atoms with Gasteiger partial charge in [0.05, 0.1) is 6.10 Å². The Bertz CT molecular complexity index is 345. The summed E-state index contributed by atoms with van der Waals surface area (Å²) in [6.07, 6.45) is 0.809. The van der Waals surface area contributed by atoms with E-state index in [0.29, 0.717) is 6.42 Å². The van der Waals surface area contributed by atoms with Crippen molar-refractivity contribution in [2.45, 2.75) is 32.0 Å². The van der Waals surface area contributed by atoms with Crippen LogP contribution in [-0.2, 0) is 9.53 Å². The maximum atomic E-state index is 10.7. The van der Waals surface area contributed by atoms with Gasteiger partial charge in [-0.25, -0.2) is 4.79 Å². The minimum Gasteiger partial charge on any atom is -0.479 e. The van der Waals surface area contributed by atoms with Gasteiger partial charge in [0.25, 0.3) is 0 Å². The van der Waals surface area contributed by atoms with Crippen molar-refractivity contribution in [1.29, 1.82) is 0 Å². The molecule has 0 spiro atoms. The standard InChI is InChI=1S/C10H12O3S/c1-6-4-7(5-14-6)8-2-3-9(13-8)10(11)12/h4-5,8-9H,2-3H2,1H3,(H,11,12). The normalized spacial score (nSPS) is 26.6. The molecule has 1 aliphatic rings. The lowest BCUT2D eigenvalue weighted by molar-refractivity contribution is -0.149. The first-order valence-corrected chi connectivity index (χ1v) is 5.48. The number of aryl methyl sites for hydroxylation is 1. The van der Waals surface area contributed by atoms with E-state index in [0.717, 1.165) is 12.0 Å². The van der Waals surface area contributed by atoms with Crippen molar-refractivity contribution in [3.63, 3.8) is 0 Å². The molecule has 1 aliphatic heterocycles. The predicted octanol–water partition coefficient (Wildman–Crippen LogP) is 2.36. The molecular formula is C10H12O3S. The molecule has 76 valence electrons. The first kappa shape index (κ1) is 9.68. The van der Waals surface area contributed by atoms with Crippen LogP contribution < -0.4 is 0 Å². The van der Waals surface area contributed by atoms with E-state index in [1.165, 1.54) is 4.88 Å². The van der Waals surface area contributed by atoms with E-state index in [2.05, 4.69) is 6.07 Å². The lowest BCUT2D eigenvalue weighted by Crippen LogP contribution is -2.18. The molecule has 1 aromatic heterocycles. The van der Waals surface area contributed by atoms with E-state index in [-0.39, 0.29) is 6.10 Å². The third-order valence-electron chi connectivity index (χ3n) is 2.42. The molecule has 1 saturated heterocycles. The third-order valence-corrected chi connectivity index (χ3v) is 3.30. The number of ether oxygens (including phenoxy) is 1. The molecule has 0 aromatic carbocycles. The molecule has 3 nitrogen and oxygen atoms in total. The molecular weight excluding hydrogens is 200 g/mol. The summed E-state index contributed by atoms with van der Waals surface area (Å²) in [7, 11) is 0. The first-order valence-electron chi connectivity index (χ1n) is 4.60. The fourth-order valence-corrected chi connectivity index (χ4v) is 2.44. The van der Waals surface area contributed by atoms with Gasteiger partial charge in [-0.1, -0.05) is 0 Å². The lowest BCUT2D eigenvalue weighted by atomic mass is 10.1. The monoisotopic (exact) mass is 212 g/mol. The second-order valence-corrected chi connectivity index (χ2v) is 4.63. The van der Waals surface area contributed by atoms with Crippen molar-refractivity contribution in [1.82, 2.24) is 0 Å². The van der Waals surface area contributed by atoms with Crippen molar-refractivity contribution >= 4 is 17.3 Å². The highest BCUT2D eigenvalue weighted by atomic mass is 32.1. The van der Waals surface area contributed by atoms with Crippen LogP contribution in [-0.4, -0.2) is 17.2 Å². The van der Waals surface area contributed by atoms with Crippen LogP contribution in [0.15, 0.2) is 11.4 Å². The minimum absolute atomic E-state index is 0.0129. The van der Waals surface area contributed by atoms with Crippen molar-refractivity contribution in [3.8, 4) is 0 Å². The Labute approximate surface area is 86.3 Å². The van der Waals surface area contributed by atoms with Crippen molar-refractivity contribution in [2.75, 3.05) is 0 Å². The van der Waals surface area contributed by atoms with Crippen LogP contribution in [0.25, 0.3) is 0 Å². The number of carboxylic acid groups (broad SMARTS) is 1. The average Bonchev–Trinajstić information content (AvgIpc) is 2.70. The quantitative estimate of drug-likeness (QED) is 0.818. The van der Waals surface area contributed by atoms with Gasteiger partial charge in [-0.05, 0) is 36.8 Å². The van der Waals surface area contributed by atoms with Gasteiger partial charge in [0, 0.05) is 4.88 Å². The summed E-state index contributed by atoms with van der Waals surface area (Å²) >= 11 is 1.67. The lowest BCUT2D eigenvalue weighted by Gasteiger charge is -2.08. The molecule has 1 fully saturated rings. The summed E-state index contributed by atoms with van der Waals surface area (Å²) < 4.78 is 5.43. The van der Waals surface area contributed by atoms with E-state index in [4.69, 9.17) is 9.84 Å². The van der Waals surface area contributed by atoms with Crippen molar-refractivity contribution in [2.24, 2.45) is 0 Å². The third kappa shape index (κ3) is 1.81. The molecule has 14 heavy (non-hydrogen) atoms. The zero-order valence-corrected chi connectivity index (χ0v) is 8.71. The molecule has 2 rings (SSSR count). The number of carbonyl (C=O) groups is 1. The molecule has 2 heterocycles. The predicted molar refractivity (Wildman–Crippen MR) is 53.5 cm³/mol. The van der Waals surface area contributed by atoms with Gasteiger partial charge < -0.3 is 9.84 Å². The highest BCUT2D eigenvalue weighted by Gasteiger charge is 2.31. The Morgan fingerprint density at radius 2 is 2.43 bits per heavy atom. The molecule has 0 radical (unpaired) electrons. The van der Waals surface area contributed by atoms with Gasteiger partial charge in [-0.3, -0.25) is 0 Å². The Hall–Kier alpha value is -0.870. The summed E-state index contributed by atoms with van der Waals surface area (Å²) in [6.45, 7) is 2.04. The van der Waals surface area contributed by atoms with Crippen LogP contribution in [0.4, 0.5) is 0 Å². The Morgan fingerprint density at radius 1 is 1.64 bits per heavy atom. The van der Waals surface area contributed by atoms with Crippen LogP contribution >= 0.6 is 11.3 Å². The smallest absolute Gasteiger partial charge is 0.332 e. The second-order valence-electron chi connectivity index (χ2n) is 3.52. The maximum absolute atomic E-state index is 10.7. The highest BCUT2D eigenvalue weighted by Crippen LogP contribution is 2.34. The van der Waals surface area contributed by atoms with Crippen LogP contribution in [0.5, 0.6) is 0 Å². The van der Waals surface area contributed by atoms with E-state index in [1.807, 2.05) is 12.3 Å². The summed E-state index contributed by atoms with van der Waals surface area (Å²) in [6, 6.07) is 2.07. The Kier molecular flexibility index (Phi) is 2.56. The zero-order chi connectivity index (χ0) is 10.1. The van der Waals surface area contributed by atoms with Crippen LogP contribution in [0.2, 0.25) is 0 Å². The summed E-state index contributed by atoms with van der Waals surface area (Å²) in [4.78, 5) is 11.9. The number of carboxylic acids is 1. The Balaban J connectivity index is 2.05. The number of hydrogen-bond donors (Lipinski definition) is 1. The summed E-state index contributed by atoms with van der Waals surface area (Å²) in [5.74, 6) is -0.848. The van der Waals surface area contributed by atoms with E-state index in [9.17, 15) is 4.79 Å². The summed E-state index contributed by atoms with van der Waals surface area (Å²) in [5.41, 5.74) is 1.12. The van der Waals surface area contributed by atoms with E-state index < -0.39 is 12.1 Å². The molecule has 0 aliphatic carbocycles. The van der Waals surface area contributed by atoms with Crippen molar-refractivity contribution in [3.05, 3.63) is 21.9 Å². The molecule has 1 N–H and O–H groups in total. The van der Waals surface area contributed by atoms with Gasteiger partial charge in [0.2, 0.25) is 0 Å². The number of rotatable bonds is 2. The fraction of sp³-hybridized carbons (Fsp3) is 0.500. The molecule has 2 atom stereocenters. The topological polar surface area (TPSA) is 46.5 Å². The minimum atomic E-state index is -0.848. The molecule has 1 aromatic rings. The second kappa shape index (κ2) is 3.71. The van der Waals surface area contributed by atoms with E-state index in [1.54, 1.807) is 11.3 Å². The number of aliphatic carboxylic acids is 1. The fourth-order valence-electron chi connectivity index (χ4n) is 1.70. The van der Waals surface area contributed by atoms with Gasteiger partial charge >= 0.3 is 5.97 Å². The van der Waals surface area contributed by atoms with Gasteiger partial charge in [0.1, 0.15) is 0 Å². The first-order chi connectivity index (χ1) is 6.66. The van der Waals surface area contributed by atoms with Crippen LogP contribution in [0.3, 0.4) is 0 Å². The highest BCUT2D eigenvalue weighted by molar-refractivity contribution is 7.10. The van der Waals surface area contributed by atoms with Gasteiger partial charge in [-0.15, -0.1) is 11.3 Å². The average molecular weight is 212 g/mol. The Morgan fingerprint density at radius 3 is 2.93 bits per heavy atom. The SMILES string of the molecule is Cc1cc(C2CCC(C(=O)O)O2)cs1. The maximum Gasteiger partial charge on any atom is 0.332 e. The largest absolute Gasteiger partial charge is 0.479 e. The molecule has 2 unspecified atom stereocenters. The number of thiophene rings is 1. The molecule has 0 amide bonds. The van der Waals surface area contributed by atoms with E-state index >= 15 is 0 Å². The van der Waals surface area contributed by atoms with Crippen LogP contribution in [0.1, 0.15) is 29.4 Å². The molecule has 0 bridgehead atoms. The zero-order valence-electron chi connectivity index (χ0n) is 7.90. The number of hydrogen-bond acceptors (Lipinski definition) is 3. The van der Waals surface area contributed by atoms with Gasteiger partial charge in [0.15, 0.2) is 6.10 Å². The summed E-state index contributed by atoms with van der Waals surface area (Å²) in [5, 5.41) is 10.8.